The van der Waals surface area contributed by atoms with Crippen molar-refractivity contribution in [2.45, 2.75) is 12.5 Å². The summed E-state index contributed by atoms with van der Waals surface area (Å²) in [5.74, 6) is 2.22. The third-order valence-corrected chi connectivity index (χ3v) is 6.51. The van der Waals surface area contributed by atoms with Crippen LogP contribution in [0.2, 0.25) is 0 Å². The molecule has 162 valence electrons. The summed E-state index contributed by atoms with van der Waals surface area (Å²) in [5, 5.41) is 2.03. The minimum absolute atomic E-state index is 0.102. The van der Waals surface area contributed by atoms with Crippen LogP contribution in [-0.4, -0.2) is 45.8 Å². The van der Waals surface area contributed by atoms with E-state index in [1.54, 1.807) is 58.0 Å². The van der Waals surface area contributed by atoms with Crippen LogP contribution in [0.15, 0.2) is 47.8 Å². The molecule has 4 rings (SSSR count). The van der Waals surface area contributed by atoms with Crippen molar-refractivity contribution in [3.8, 4) is 23.0 Å². The Morgan fingerprint density at radius 2 is 1.68 bits per heavy atom. The molecule has 0 radical (unpaired) electrons. The zero-order valence-electron chi connectivity index (χ0n) is 18.0. The van der Waals surface area contributed by atoms with Crippen molar-refractivity contribution in [1.29, 1.82) is 0 Å². The van der Waals surface area contributed by atoms with Crippen molar-refractivity contribution in [1.82, 2.24) is 4.90 Å². The molecule has 0 bridgehead atoms. The molecular weight excluding hydrogens is 414 g/mol. The number of rotatable bonds is 6. The van der Waals surface area contributed by atoms with Crippen LogP contribution >= 0.6 is 11.3 Å². The molecule has 31 heavy (non-hydrogen) atoms. The maximum absolute atomic E-state index is 13.8. The van der Waals surface area contributed by atoms with E-state index in [-0.39, 0.29) is 11.9 Å². The highest BCUT2D eigenvalue weighted by atomic mass is 32.1. The van der Waals surface area contributed by atoms with Crippen molar-refractivity contribution in [3.63, 3.8) is 0 Å². The fraction of sp³-hybridized carbons (Fsp3) is 0.292. The van der Waals surface area contributed by atoms with Gasteiger partial charge in [0.1, 0.15) is 0 Å². The molecular formula is C24H25NO5S. The minimum Gasteiger partial charge on any atom is -0.493 e. The van der Waals surface area contributed by atoms with E-state index in [9.17, 15) is 4.79 Å². The Morgan fingerprint density at radius 1 is 0.935 bits per heavy atom. The first kappa shape index (κ1) is 21.1. The summed E-state index contributed by atoms with van der Waals surface area (Å²) in [6.45, 7) is 0.574. The van der Waals surface area contributed by atoms with Gasteiger partial charge in [-0.25, -0.2) is 0 Å². The molecule has 6 nitrogen and oxygen atoms in total. The van der Waals surface area contributed by atoms with E-state index in [1.165, 1.54) is 0 Å². The van der Waals surface area contributed by atoms with Gasteiger partial charge in [0.05, 0.1) is 40.0 Å². The van der Waals surface area contributed by atoms with Crippen molar-refractivity contribution >= 4 is 17.2 Å². The Labute approximate surface area is 185 Å². The standard InChI is InChI=1S/C24H25NO5S/c1-27-18-8-5-7-16(23(18)30-4)24(26)25-11-10-15-13-19(28-2)20(29-3)14-17(15)22(25)21-9-6-12-31-21/h5-9,12-14,22H,10-11H2,1-4H3/t22-/m0/s1. The summed E-state index contributed by atoms with van der Waals surface area (Å²) in [6, 6.07) is 13.2. The second kappa shape index (κ2) is 8.89. The molecule has 1 atom stereocenters. The number of hydrogen-bond donors (Lipinski definition) is 0. The lowest BCUT2D eigenvalue weighted by Crippen LogP contribution is -2.40. The number of amides is 1. The average Bonchev–Trinajstić information content (AvgIpc) is 3.35. The molecule has 0 spiro atoms. The van der Waals surface area contributed by atoms with E-state index in [0.717, 1.165) is 22.4 Å². The molecule has 3 aromatic rings. The second-order valence-electron chi connectivity index (χ2n) is 7.11. The lowest BCUT2D eigenvalue weighted by Gasteiger charge is -2.37. The van der Waals surface area contributed by atoms with Crippen molar-refractivity contribution in [2.24, 2.45) is 0 Å². The fourth-order valence-corrected chi connectivity index (χ4v) is 4.98. The molecule has 2 aromatic carbocycles. The molecule has 0 aliphatic carbocycles. The van der Waals surface area contributed by atoms with Crippen LogP contribution in [0.4, 0.5) is 0 Å². The molecule has 0 saturated carbocycles. The summed E-state index contributed by atoms with van der Waals surface area (Å²) in [6.07, 6.45) is 0.718. The first-order chi connectivity index (χ1) is 15.1. The lowest BCUT2D eigenvalue weighted by atomic mass is 9.90. The predicted molar refractivity (Wildman–Crippen MR) is 120 cm³/mol. The van der Waals surface area contributed by atoms with E-state index in [1.807, 2.05) is 28.5 Å². The smallest absolute Gasteiger partial charge is 0.258 e. The monoisotopic (exact) mass is 439 g/mol. The van der Waals surface area contributed by atoms with Crippen molar-refractivity contribution in [3.05, 3.63) is 69.4 Å². The lowest BCUT2D eigenvalue weighted by molar-refractivity contribution is 0.0692. The number of fused-ring (bicyclic) bond motifs is 1. The molecule has 0 N–H and O–H groups in total. The fourth-order valence-electron chi connectivity index (χ4n) is 4.13. The van der Waals surface area contributed by atoms with Gasteiger partial charge in [0.25, 0.3) is 5.91 Å². The van der Waals surface area contributed by atoms with Gasteiger partial charge in [-0.15, -0.1) is 11.3 Å². The number of benzene rings is 2. The van der Waals surface area contributed by atoms with Gasteiger partial charge in [-0.2, -0.15) is 0 Å². The first-order valence-electron chi connectivity index (χ1n) is 9.93. The van der Waals surface area contributed by atoms with Gasteiger partial charge in [0.15, 0.2) is 23.0 Å². The van der Waals surface area contributed by atoms with Crippen LogP contribution in [-0.2, 0) is 6.42 Å². The Hall–Kier alpha value is -3.19. The molecule has 1 aromatic heterocycles. The topological polar surface area (TPSA) is 57.2 Å². The van der Waals surface area contributed by atoms with Gasteiger partial charge in [-0.3, -0.25) is 4.79 Å². The highest BCUT2D eigenvalue weighted by molar-refractivity contribution is 7.10. The number of methoxy groups -OCH3 is 4. The minimum atomic E-state index is -0.230. The van der Waals surface area contributed by atoms with Gasteiger partial charge in [0.2, 0.25) is 0 Å². The molecule has 1 aliphatic rings. The van der Waals surface area contributed by atoms with Gasteiger partial charge in [-0.05, 0) is 53.3 Å². The average molecular weight is 440 g/mol. The molecule has 2 heterocycles. The van der Waals surface area contributed by atoms with Crippen LogP contribution in [0.1, 0.15) is 32.4 Å². The molecule has 1 amide bonds. The SMILES string of the molecule is COc1cc2c(cc1OC)[C@@H](c1cccs1)N(C(=O)c1cccc(OC)c1OC)CC2. The summed E-state index contributed by atoms with van der Waals surface area (Å²) in [5.41, 5.74) is 2.67. The maximum atomic E-state index is 13.8. The zero-order chi connectivity index (χ0) is 22.0. The van der Waals surface area contributed by atoms with Crippen LogP contribution in [0.5, 0.6) is 23.0 Å². The van der Waals surface area contributed by atoms with E-state index in [0.29, 0.717) is 35.1 Å². The Morgan fingerprint density at radius 3 is 2.32 bits per heavy atom. The second-order valence-corrected chi connectivity index (χ2v) is 8.09. The molecule has 0 unspecified atom stereocenters. The highest BCUT2D eigenvalue weighted by Gasteiger charge is 2.35. The number of carbonyl (C=O) groups excluding carboxylic acids is 1. The van der Waals surface area contributed by atoms with Gasteiger partial charge in [0, 0.05) is 11.4 Å². The Kier molecular flexibility index (Phi) is 6.04. The van der Waals surface area contributed by atoms with Crippen LogP contribution < -0.4 is 18.9 Å². The molecule has 0 saturated heterocycles. The Bertz CT molecular complexity index is 1080. The number of hydrogen-bond acceptors (Lipinski definition) is 6. The third-order valence-electron chi connectivity index (χ3n) is 5.58. The number of carbonyl (C=O) groups is 1. The van der Waals surface area contributed by atoms with E-state index < -0.39 is 0 Å². The van der Waals surface area contributed by atoms with Crippen molar-refractivity contribution in [2.75, 3.05) is 35.0 Å². The quantitative estimate of drug-likeness (QED) is 0.563. The van der Waals surface area contributed by atoms with E-state index in [2.05, 4.69) is 6.07 Å². The highest BCUT2D eigenvalue weighted by Crippen LogP contribution is 2.43. The summed E-state index contributed by atoms with van der Waals surface area (Å²) < 4.78 is 22.0. The van der Waals surface area contributed by atoms with Gasteiger partial charge < -0.3 is 23.8 Å². The largest absolute Gasteiger partial charge is 0.493 e. The summed E-state index contributed by atoms with van der Waals surface area (Å²) in [4.78, 5) is 16.8. The number of ether oxygens (including phenoxy) is 4. The third kappa shape index (κ3) is 3.70. The van der Waals surface area contributed by atoms with Crippen LogP contribution in [0.25, 0.3) is 0 Å². The van der Waals surface area contributed by atoms with E-state index in [4.69, 9.17) is 18.9 Å². The van der Waals surface area contributed by atoms with Gasteiger partial charge >= 0.3 is 0 Å². The summed E-state index contributed by atoms with van der Waals surface area (Å²) >= 11 is 1.63. The zero-order valence-corrected chi connectivity index (χ0v) is 18.8. The van der Waals surface area contributed by atoms with E-state index >= 15 is 0 Å². The first-order valence-corrected chi connectivity index (χ1v) is 10.8. The van der Waals surface area contributed by atoms with Gasteiger partial charge in [-0.1, -0.05) is 12.1 Å². The van der Waals surface area contributed by atoms with Crippen molar-refractivity contribution < 1.29 is 23.7 Å². The summed E-state index contributed by atoms with van der Waals surface area (Å²) in [7, 11) is 6.37. The number of para-hydroxylation sites is 1. The normalized spacial score (nSPS) is 15.2. The number of thiophene rings is 1. The molecule has 0 fully saturated rings. The maximum Gasteiger partial charge on any atom is 0.258 e. The van der Waals surface area contributed by atoms with Crippen LogP contribution in [0.3, 0.4) is 0 Å². The Balaban J connectivity index is 1.84. The predicted octanol–water partition coefficient (Wildman–Crippen LogP) is 4.57. The molecule has 1 aliphatic heterocycles. The molecule has 7 heteroatoms. The van der Waals surface area contributed by atoms with Crippen LogP contribution in [0, 0.1) is 0 Å². The number of nitrogens with zero attached hydrogens (tertiary/aromatic N) is 1.